The predicted octanol–water partition coefficient (Wildman–Crippen LogP) is 4.55. The molecule has 0 fully saturated rings. The second-order valence-electron chi connectivity index (χ2n) is 8.37. The quantitative estimate of drug-likeness (QED) is 0.401. The summed E-state index contributed by atoms with van der Waals surface area (Å²) in [4.78, 5) is 40.2. The highest BCUT2D eigenvalue weighted by molar-refractivity contribution is 6.08. The molecule has 0 aliphatic rings. The van der Waals surface area contributed by atoms with Crippen molar-refractivity contribution in [3.05, 3.63) is 114 Å². The lowest BCUT2D eigenvalue weighted by molar-refractivity contribution is -0.124. The van der Waals surface area contributed by atoms with Crippen LogP contribution in [0.2, 0.25) is 0 Å². The van der Waals surface area contributed by atoms with Crippen LogP contribution < -0.4 is 10.6 Å². The molecule has 0 aliphatic heterocycles. The van der Waals surface area contributed by atoms with E-state index in [1.165, 1.54) is 4.90 Å². The van der Waals surface area contributed by atoms with Crippen molar-refractivity contribution >= 4 is 34.2 Å². The smallest absolute Gasteiger partial charge is 0.255 e. The lowest BCUT2D eigenvalue weighted by Gasteiger charge is -2.23. The highest BCUT2D eigenvalue weighted by Gasteiger charge is 2.21. The Kier molecular flexibility index (Phi) is 7.53. The number of carbonyl (C=O) groups excluding carboxylic acids is 3. The van der Waals surface area contributed by atoms with E-state index in [-0.39, 0.29) is 31.4 Å². The Morgan fingerprint density at radius 1 is 0.771 bits per heavy atom. The first kappa shape index (κ1) is 23.7. The van der Waals surface area contributed by atoms with Gasteiger partial charge in [-0.15, -0.1) is 0 Å². The van der Waals surface area contributed by atoms with Crippen LogP contribution in [-0.4, -0.2) is 35.7 Å². The lowest BCUT2D eigenvalue weighted by Crippen LogP contribution is -2.42. The van der Waals surface area contributed by atoms with Gasteiger partial charge < -0.3 is 15.5 Å². The van der Waals surface area contributed by atoms with E-state index in [0.717, 1.165) is 21.9 Å². The molecule has 0 unspecified atom stereocenters. The van der Waals surface area contributed by atoms with Crippen LogP contribution in [0.5, 0.6) is 0 Å². The third-order valence-electron chi connectivity index (χ3n) is 5.61. The van der Waals surface area contributed by atoms with E-state index >= 15 is 0 Å². The first-order valence-corrected chi connectivity index (χ1v) is 11.4. The Labute approximate surface area is 204 Å². The van der Waals surface area contributed by atoms with Crippen LogP contribution in [0, 0.1) is 6.92 Å². The van der Waals surface area contributed by atoms with E-state index in [9.17, 15) is 14.4 Å². The maximum atomic E-state index is 13.6. The largest absolute Gasteiger partial charge is 0.345 e. The van der Waals surface area contributed by atoms with Crippen molar-refractivity contribution in [1.29, 1.82) is 0 Å². The van der Waals surface area contributed by atoms with Gasteiger partial charge in [0, 0.05) is 17.8 Å². The topological polar surface area (TPSA) is 78.5 Å². The number of nitrogens with zero attached hydrogens (tertiary/aromatic N) is 1. The molecule has 0 aromatic heterocycles. The van der Waals surface area contributed by atoms with Gasteiger partial charge in [0.15, 0.2) is 0 Å². The number of fused-ring (bicyclic) bond motifs is 1. The van der Waals surface area contributed by atoms with Gasteiger partial charge >= 0.3 is 0 Å². The molecule has 3 amide bonds. The van der Waals surface area contributed by atoms with Crippen LogP contribution in [0.15, 0.2) is 97.1 Å². The second kappa shape index (κ2) is 11.1. The zero-order chi connectivity index (χ0) is 24.6. The molecule has 0 atom stereocenters. The zero-order valence-electron chi connectivity index (χ0n) is 19.5. The summed E-state index contributed by atoms with van der Waals surface area (Å²) < 4.78 is 0. The normalized spacial score (nSPS) is 10.5. The number of benzene rings is 4. The molecule has 176 valence electrons. The number of aryl methyl sites for hydroxylation is 1. The first-order valence-electron chi connectivity index (χ1n) is 11.4. The first-order chi connectivity index (χ1) is 17.0. The summed E-state index contributed by atoms with van der Waals surface area (Å²) in [6.07, 6.45) is 0. The van der Waals surface area contributed by atoms with Gasteiger partial charge in [0.2, 0.25) is 11.8 Å². The summed E-state index contributed by atoms with van der Waals surface area (Å²) in [5.41, 5.74) is 3.13. The van der Waals surface area contributed by atoms with E-state index < -0.39 is 5.91 Å². The fraction of sp³-hybridized carbons (Fsp3) is 0.138. The molecule has 0 saturated heterocycles. The molecule has 0 radical (unpaired) electrons. The maximum Gasteiger partial charge on any atom is 0.255 e. The fourth-order valence-corrected chi connectivity index (χ4v) is 3.92. The zero-order valence-corrected chi connectivity index (χ0v) is 19.5. The standard InChI is InChI=1S/C29H27N3O3/c1-21-9-7-14-24(17-21)31-27(33)18-30-28(34)20-32(19-22-10-3-2-4-11-22)29(35)26-16-8-13-23-12-5-6-15-25(23)26/h2-17H,18-20H2,1H3,(H,30,34)(H,31,33). The van der Waals surface area contributed by atoms with E-state index in [0.29, 0.717) is 11.3 Å². The highest BCUT2D eigenvalue weighted by atomic mass is 16.2. The molecule has 0 heterocycles. The van der Waals surface area contributed by atoms with Gasteiger partial charge in [-0.1, -0.05) is 78.9 Å². The van der Waals surface area contributed by atoms with Crippen molar-refractivity contribution in [2.24, 2.45) is 0 Å². The minimum Gasteiger partial charge on any atom is -0.345 e. The molecular weight excluding hydrogens is 438 g/mol. The number of hydrogen-bond acceptors (Lipinski definition) is 3. The average Bonchev–Trinajstić information content (AvgIpc) is 2.87. The summed E-state index contributed by atoms with van der Waals surface area (Å²) in [6.45, 7) is 1.85. The summed E-state index contributed by atoms with van der Waals surface area (Å²) >= 11 is 0. The van der Waals surface area contributed by atoms with E-state index in [4.69, 9.17) is 0 Å². The summed E-state index contributed by atoms with van der Waals surface area (Å²) in [5, 5.41) is 7.18. The number of anilines is 1. The number of rotatable bonds is 8. The van der Waals surface area contributed by atoms with E-state index in [2.05, 4.69) is 10.6 Å². The van der Waals surface area contributed by atoms with Gasteiger partial charge in [0.1, 0.15) is 6.54 Å². The minimum absolute atomic E-state index is 0.172. The molecule has 6 heteroatoms. The molecule has 35 heavy (non-hydrogen) atoms. The maximum absolute atomic E-state index is 13.6. The number of amides is 3. The van der Waals surface area contributed by atoms with Crippen molar-refractivity contribution in [1.82, 2.24) is 10.2 Å². The van der Waals surface area contributed by atoms with Gasteiger partial charge in [-0.05, 0) is 47.0 Å². The van der Waals surface area contributed by atoms with Gasteiger partial charge in [-0.3, -0.25) is 14.4 Å². The Bertz CT molecular complexity index is 1350. The molecule has 6 nitrogen and oxygen atoms in total. The van der Waals surface area contributed by atoms with Gasteiger partial charge in [0.25, 0.3) is 5.91 Å². The monoisotopic (exact) mass is 465 g/mol. The summed E-state index contributed by atoms with van der Waals surface area (Å²) in [7, 11) is 0. The Balaban J connectivity index is 1.47. The molecule has 0 spiro atoms. The average molecular weight is 466 g/mol. The SMILES string of the molecule is Cc1cccc(NC(=O)CNC(=O)CN(Cc2ccccc2)C(=O)c2cccc3ccccc23)c1. The highest BCUT2D eigenvalue weighted by Crippen LogP contribution is 2.21. The Morgan fingerprint density at radius 2 is 1.49 bits per heavy atom. The van der Waals surface area contributed by atoms with Crippen LogP contribution in [0.4, 0.5) is 5.69 Å². The van der Waals surface area contributed by atoms with Crippen molar-refractivity contribution < 1.29 is 14.4 Å². The van der Waals surface area contributed by atoms with Crippen molar-refractivity contribution in [3.63, 3.8) is 0 Å². The van der Waals surface area contributed by atoms with Crippen LogP contribution in [0.1, 0.15) is 21.5 Å². The summed E-state index contributed by atoms with van der Waals surface area (Å²) in [5.74, 6) is -0.988. The molecule has 0 saturated carbocycles. The van der Waals surface area contributed by atoms with Crippen LogP contribution >= 0.6 is 0 Å². The van der Waals surface area contributed by atoms with Crippen molar-refractivity contribution in [2.45, 2.75) is 13.5 Å². The van der Waals surface area contributed by atoms with Crippen molar-refractivity contribution in [2.75, 3.05) is 18.4 Å². The molecular formula is C29H27N3O3. The van der Waals surface area contributed by atoms with Crippen molar-refractivity contribution in [3.8, 4) is 0 Å². The molecule has 2 N–H and O–H groups in total. The molecule has 0 bridgehead atoms. The third-order valence-corrected chi connectivity index (χ3v) is 5.61. The van der Waals surface area contributed by atoms with Crippen LogP contribution in [0.3, 0.4) is 0 Å². The van der Waals surface area contributed by atoms with Crippen LogP contribution in [0.25, 0.3) is 10.8 Å². The number of hydrogen-bond donors (Lipinski definition) is 2. The Hall–Kier alpha value is -4.45. The van der Waals surface area contributed by atoms with Crippen LogP contribution in [-0.2, 0) is 16.1 Å². The molecule has 4 aromatic carbocycles. The number of carbonyl (C=O) groups is 3. The van der Waals surface area contributed by atoms with Gasteiger partial charge in [-0.2, -0.15) is 0 Å². The summed E-state index contributed by atoms with van der Waals surface area (Å²) in [6, 6.07) is 30.2. The van der Waals surface area contributed by atoms with E-state index in [1.54, 1.807) is 12.1 Å². The lowest BCUT2D eigenvalue weighted by atomic mass is 10.0. The van der Waals surface area contributed by atoms with Gasteiger partial charge in [0.05, 0.1) is 6.54 Å². The second-order valence-corrected chi connectivity index (χ2v) is 8.37. The minimum atomic E-state index is -0.408. The van der Waals surface area contributed by atoms with E-state index in [1.807, 2.05) is 91.9 Å². The Morgan fingerprint density at radius 3 is 2.29 bits per heavy atom. The fourth-order valence-electron chi connectivity index (χ4n) is 3.92. The molecule has 0 aliphatic carbocycles. The predicted molar refractivity (Wildman–Crippen MR) is 138 cm³/mol. The number of nitrogens with one attached hydrogen (secondary N) is 2. The molecule has 4 rings (SSSR count). The third kappa shape index (κ3) is 6.32. The molecule has 4 aromatic rings. The van der Waals surface area contributed by atoms with Gasteiger partial charge in [-0.25, -0.2) is 0 Å².